The minimum atomic E-state index is -0.0307. The van der Waals surface area contributed by atoms with E-state index < -0.39 is 0 Å². The molecule has 0 atom stereocenters. The Morgan fingerprint density at radius 2 is 1.85 bits per heavy atom. The number of carbonyl (C=O) groups is 1. The predicted molar refractivity (Wildman–Crippen MR) is 81.8 cm³/mol. The van der Waals surface area contributed by atoms with Gasteiger partial charge in [0.15, 0.2) is 11.2 Å². The van der Waals surface area contributed by atoms with E-state index in [1.165, 1.54) is 6.92 Å². The molecule has 3 rings (SSSR count). The molecule has 1 aromatic heterocycles. The average Bonchev–Trinajstić information content (AvgIpc) is 2.45. The number of fused-ring (bicyclic) bond motifs is 2. The minimum Gasteiger partial charge on any atom is -0.486 e. The number of ketones is 1. The quantitative estimate of drug-likeness (QED) is 0.692. The van der Waals surface area contributed by atoms with Gasteiger partial charge in [0, 0.05) is 20.2 Å². The second kappa shape index (κ2) is 5.06. The predicted octanol–water partition coefficient (Wildman–Crippen LogP) is 3.38. The Balaban J connectivity index is 2.17. The second-order valence-corrected chi connectivity index (χ2v) is 5.66. The first-order valence-electron chi connectivity index (χ1n) is 6.23. The zero-order chi connectivity index (χ0) is 14.1. The minimum absolute atomic E-state index is 0.0307. The normalized spacial score (nSPS) is 10.8. The van der Waals surface area contributed by atoms with Crippen LogP contribution >= 0.6 is 11.3 Å². The van der Waals surface area contributed by atoms with Gasteiger partial charge in [-0.2, -0.15) is 0 Å². The Hall–Kier alpha value is -2.20. The van der Waals surface area contributed by atoms with Crippen LogP contribution in [0.5, 0.6) is 5.75 Å². The van der Waals surface area contributed by atoms with Crippen LogP contribution in [0.4, 0.5) is 0 Å². The summed E-state index contributed by atoms with van der Waals surface area (Å²) in [7, 11) is 0. The Labute approximate surface area is 119 Å². The third-order valence-corrected chi connectivity index (χ3v) is 4.12. The van der Waals surface area contributed by atoms with Crippen molar-refractivity contribution < 1.29 is 9.53 Å². The van der Waals surface area contributed by atoms with Crippen molar-refractivity contribution in [2.75, 3.05) is 6.61 Å². The summed E-state index contributed by atoms with van der Waals surface area (Å²) in [4.78, 5) is 23.3. The molecule has 20 heavy (non-hydrogen) atoms. The molecule has 0 radical (unpaired) electrons. The van der Waals surface area contributed by atoms with E-state index in [-0.39, 0.29) is 17.8 Å². The molecule has 4 heteroatoms. The van der Waals surface area contributed by atoms with Crippen molar-refractivity contribution in [3.63, 3.8) is 0 Å². The molecular weight excluding hydrogens is 272 g/mol. The summed E-state index contributed by atoms with van der Waals surface area (Å²) < 4.78 is 7.21. The fourth-order valence-corrected chi connectivity index (χ4v) is 3.16. The van der Waals surface area contributed by atoms with Gasteiger partial charge in [-0.25, -0.2) is 0 Å². The monoisotopic (exact) mass is 284 g/mol. The van der Waals surface area contributed by atoms with Crippen LogP contribution in [0.3, 0.4) is 0 Å². The highest BCUT2D eigenvalue weighted by Crippen LogP contribution is 2.27. The van der Waals surface area contributed by atoms with Crippen molar-refractivity contribution in [2.24, 2.45) is 0 Å². The van der Waals surface area contributed by atoms with E-state index >= 15 is 0 Å². The molecule has 0 saturated carbocycles. The van der Waals surface area contributed by atoms with Crippen LogP contribution in [0.15, 0.2) is 47.3 Å². The zero-order valence-corrected chi connectivity index (χ0v) is 11.7. The summed E-state index contributed by atoms with van der Waals surface area (Å²) >= 11 is 1.55. The molecule has 0 fully saturated rings. The fourth-order valence-electron chi connectivity index (χ4n) is 2.06. The summed E-state index contributed by atoms with van der Waals surface area (Å²) in [6.07, 6.45) is 0. The van der Waals surface area contributed by atoms with Crippen LogP contribution < -0.4 is 10.2 Å². The van der Waals surface area contributed by atoms with E-state index in [0.717, 1.165) is 14.8 Å². The van der Waals surface area contributed by atoms with Gasteiger partial charge < -0.3 is 4.74 Å². The molecule has 100 valence electrons. The molecule has 0 amide bonds. The van der Waals surface area contributed by atoms with Crippen molar-refractivity contribution >= 4 is 37.3 Å². The van der Waals surface area contributed by atoms with Gasteiger partial charge in [0.2, 0.25) is 0 Å². The molecule has 0 unspecified atom stereocenters. The van der Waals surface area contributed by atoms with Gasteiger partial charge in [-0.1, -0.05) is 12.1 Å². The third-order valence-electron chi connectivity index (χ3n) is 2.99. The van der Waals surface area contributed by atoms with Crippen LogP contribution in [0.1, 0.15) is 6.92 Å². The van der Waals surface area contributed by atoms with Crippen molar-refractivity contribution in [1.82, 2.24) is 0 Å². The first-order chi connectivity index (χ1) is 9.65. The fraction of sp³-hybridized carbons (Fsp3) is 0.125. The van der Waals surface area contributed by atoms with Gasteiger partial charge in [-0.15, -0.1) is 11.3 Å². The van der Waals surface area contributed by atoms with Crippen molar-refractivity contribution in [1.29, 1.82) is 0 Å². The van der Waals surface area contributed by atoms with Gasteiger partial charge in [-0.3, -0.25) is 9.59 Å². The van der Waals surface area contributed by atoms with E-state index in [9.17, 15) is 9.59 Å². The highest BCUT2D eigenvalue weighted by Gasteiger charge is 2.07. The third kappa shape index (κ3) is 2.30. The number of rotatable bonds is 3. The molecule has 0 aliphatic rings. The number of ether oxygens (including phenoxy) is 1. The standard InChI is InChI=1S/C16H12O3S/c1-10(17)9-19-11-6-7-13-15(8-11)20-14-5-3-2-4-12(14)16(13)18/h2-8H,9H2,1H3. The number of carbonyl (C=O) groups excluding carboxylic acids is 1. The van der Waals surface area contributed by atoms with Crippen molar-refractivity contribution in [3.05, 3.63) is 52.7 Å². The SMILES string of the molecule is CC(=O)COc1ccc2c(=O)c3ccccc3sc2c1. The molecule has 3 aromatic rings. The van der Waals surface area contributed by atoms with Crippen molar-refractivity contribution in [3.8, 4) is 5.75 Å². The molecule has 0 bridgehead atoms. The Kier molecular flexibility index (Phi) is 3.24. The first-order valence-corrected chi connectivity index (χ1v) is 7.04. The lowest BCUT2D eigenvalue weighted by atomic mass is 10.2. The van der Waals surface area contributed by atoms with Gasteiger partial charge in [0.1, 0.15) is 12.4 Å². The molecule has 1 heterocycles. The van der Waals surface area contributed by atoms with E-state index in [2.05, 4.69) is 0 Å². The molecule has 0 N–H and O–H groups in total. The Bertz CT molecular complexity index is 864. The maximum atomic E-state index is 12.4. The molecular formula is C16H12O3S. The van der Waals surface area contributed by atoms with E-state index in [0.29, 0.717) is 11.1 Å². The molecule has 2 aromatic carbocycles. The molecule has 3 nitrogen and oxygen atoms in total. The summed E-state index contributed by atoms with van der Waals surface area (Å²) in [5, 5.41) is 1.42. The lowest BCUT2D eigenvalue weighted by Gasteiger charge is -2.05. The highest BCUT2D eigenvalue weighted by molar-refractivity contribution is 7.24. The summed E-state index contributed by atoms with van der Waals surface area (Å²) in [6, 6.07) is 12.9. The van der Waals surface area contributed by atoms with E-state index in [1.807, 2.05) is 30.3 Å². The van der Waals surface area contributed by atoms with Gasteiger partial charge in [0.25, 0.3) is 0 Å². The van der Waals surface area contributed by atoms with E-state index in [1.54, 1.807) is 23.5 Å². The lowest BCUT2D eigenvalue weighted by Crippen LogP contribution is -2.07. The molecule has 0 saturated heterocycles. The molecule has 0 aliphatic heterocycles. The van der Waals surface area contributed by atoms with Crippen LogP contribution in [0.2, 0.25) is 0 Å². The number of hydrogen-bond acceptors (Lipinski definition) is 4. The lowest BCUT2D eigenvalue weighted by molar-refractivity contribution is -0.118. The van der Waals surface area contributed by atoms with E-state index in [4.69, 9.17) is 4.74 Å². The van der Waals surface area contributed by atoms with Gasteiger partial charge in [0.05, 0.1) is 0 Å². The first kappa shape index (κ1) is 12.8. The number of benzene rings is 2. The molecule has 0 spiro atoms. The van der Waals surface area contributed by atoms with Crippen LogP contribution in [-0.2, 0) is 4.79 Å². The number of hydrogen-bond donors (Lipinski definition) is 0. The Morgan fingerprint density at radius 1 is 1.10 bits per heavy atom. The maximum absolute atomic E-state index is 12.4. The smallest absolute Gasteiger partial charge is 0.195 e. The average molecular weight is 284 g/mol. The van der Waals surface area contributed by atoms with Crippen LogP contribution in [-0.4, -0.2) is 12.4 Å². The van der Waals surface area contributed by atoms with Gasteiger partial charge >= 0.3 is 0 Å². The molecule has 0 aliphatic carbocycles. The van der Waals surface area contributed by atoms with Crippen molar-refractivity contribution in [2.45, 2.75) is 6.92 Å². The topological polar surface area (TPSA) is 43.4 Å². The summed E-state index contributed by atoms with van der Waals surface area (Å²) in [5.74, 6) is 0.579. The maximum Gasteiger partial charge on any atom is 0.195 e. The second-order valence-electron chi connectivity index (χ2n) is 4.58. The number of Topliss-reactive ketones (excluding diaryl/α,β-unsaturated/α-hetero) is 1. The van der Waals surface area contributed by atoms with Crippen LogP contribution in [0.25, 0.3) is 20.2 Å². The highest BCUT2D eigenvalue weighted by atomic mass is 32.1. The largest absolute Gasteiger partial charge is 0.486 e. The van der Waals surface area contributed by atoms with Crippen LogP contribution in [0, 0.1) is 0 Å². The summed E-state index contributed by atoms with van der Waals surface area (Å²) in [5.41, 5.74) is 0.0347. The van der Waals surface area contributed by atoms with Gasteiger partial charge in [-0.05, 0) is 37.3 Å². The zero-order valence-electron chi connectivity index (χ0n) is 10.9. The summed E-state index contributed by atoms with van der Waals surface area (Å²) in [6.45, 7) is 1.53. The Morgan fingerprint density at radius 3 is 2.65 bits per heavy atom.